The van der Waals surface area contributed by atoms with Gasteiger partial charge in [-0.1, -0.05) is 13.0 Å². The second kappa shape index (κ2) is 5.74. The lowest BCUT2D eigenvalue weighted by Gasteiger charge is -2.15. The molecule has 6 heteroatoms. The van der Waals surface area contributed by atoms with Gasteiger partial charge in [0.2, 0.25) is 0 Å². The van der Waals surface area contributed by atoms with Crippen LogP contribution in [-0.4, -0.2) is 30.1 Å². The van der Waals surface area contributed by atoms with Gasteiger partial charge < -0.3 is 4.57 Å². The highest BCUT2D eigenvalue weighted by atomic mass is 35.5. The maximum atomic E-state index is 11.9. The molecule has 4 nitrogen and oxygen atoms in total. The number of halogens is 1. The lowest BCUT2D eigenvalue weighted by atomic mass is 10.2. The highest BCUT2D eigenvalue weighted by Gasteiger charge is 2.20. The predicted molar refractivity (Wildman–Crippen MR) is 82.3 cm³/mol. The van der Waals surface area contributed by atoms with Gasteiger partial charge in [-0.05, 0) is 25.5 Å². The van der Waals surface area contributed by atoms with Crippen molar-refractivity contribution in [3.63, 3.8) is 0 Å². The molecule has 0 spiro atoms. The number of hydrogen-bond acceptors (Lipinski definition) is 3. The highest BCUT2D eigenvalue weighted by molar-refractivity contribution is 7.91. The minimum Gasteiger partial charge on any atom is -0.325 e. The van der Waals surface area contributed by atoms with Crippen molar-refractivity contribution < 1.29 is 8.42 Å². The molecule has 0 aliphatic carbocycles. The number of aryl methyl sites for hydroxylation is 1. The van der Waals surface area contributed by atoms with Gasteiger partial charge in [-0.15, -0.1) is 11.6 Å². The molecule has 0 radical (unpaired) electrons. The van der Waals surface area contributed by atoms with E-state index in [1.54, 1.807) is 12.1 Å². The number of sulfone groups is 1. The zero-order chi connectivity index (χ0) is 14.9. The molecule has 1 heterocycles. The molecular formula is C14H19ClN2O2S. The summed E-state index contributed by atoms with van der Waals surface area (Å²) in [7, 11) is -3.29. The number of fused-ring (bicyclic) bond motifs is 1. The maximum Gasteiger partial charge on any atom is 0.177 e. The Morgan fingerprint density at radius 2 is 2.10 bits per heavy atom. The van der Waals surface area contributed by atoms with Crippen LogP contribution in [0.3, 0.4) is 0 Å². The van der Waals surface area contributed by atoms with Crippen LogP contribution in [0, 0.1) is 0 Å². The molecule has 0 aliphatic heterocycles. The van der Waals surface area contributed by atoms with Crippen molar-refractivity contribution in [1.29, 1.82) is 0 Å². The maximum absolute atomic E-state index is 11.9. The van der Waals surface area contributed by atoms with Gasteiger partial charge in [0.05, 0.1) is 10.4 Å². The van der Waals surface area contributed by atoms with E-state index in [2.05, 4.69) is 23.4 Å². The number of para-hydroxylation sites is 1. The third-order valence-electron chi connectivity index (χ3n) is 3.51. The number of benzene rings is 1. The number of rotatable bonds is 5. The molecule has 20 heavy (non-hydrogen) atoms. The first-order valence-electron chi connectivity index (χ1n) is 6.66. The SMILES string of the molecule is CCC(C)n1c(CCCl)nc2c(S(C)(=O)=O)cccc21. The Kier molecular flexibility index (Phi) is 4.39. The van der Waals surface area contributed by atoms with Gasteiger partial charge >= 0.3 is 0 Å². The van der Waals surface area contributed by atoms with Crippen LogP contribution >= 0.6 is 11.6 Å². The van der Waals surface area contributed by atoms with Crippen LogP contribution < -0.4 is 0 Å². The first-order chi connectivity index (χ1) is 9.40. The molecule has 1 unspecified atom stereocenters. The van der Waals surface area contributed by atoms with E-state index in [1.807, 2.05) is 6.07 Å². The van der Waals surface area contributed by atoms with Crippen molar-refractivity contribution in [2.45, 2.75) is 37.6 Å². The summed E-state index contributed by atoms with van der Waals surface area (Å²) in [5, 5.41) is 0. The Morgan fingerprint density at radius 1 is 1.40 bits per heavy atom. The molecule has 0 amide bonds. The van der Waals surface area contributed by atoms with Gasteiger partial charge in [0.15, 0.2) is 9.84 Å². The molecule has 0 fully saturated rings. The molecule has 0 N–H and O–H groups in total. The fourth-order valence-electron chi connectivity index (χ4n) is 2.37. The predicted octanol–water partition coefficient (Wildman–Crippen LogP) is 3.19. The summed E-state index contributed by atoms with van der Waals surface area (Å²) in [5.41, 5.74) is 1.41. The highest BCUT2D eigenvalue weighted by Crippen LogP contribution is 2.28. The van der Waals surface area contributed by atoms with Crippen LogP contribution in [0.2, 0.25) is 0 Å². The van der Waals surface area contributed by atoms with Crippen molar-refractivity contribution in [3.8, 4) is 0 Å². The van der Waals surface area contributed by atoms with Crippen LogP contribution in [0.25, 0.3) is 11.0 Å². The summed E-state index contributed by atoms with van der Waals surface area (Å²) in [6.07, 6.45) is 2.79. The number of alkyl halides is 1. The molecule has 0 aliphatic rings. The third-order valence-corrected chi connectivity index (χ3v) is 4.82. The average molecular weight is 315 g/mol. The zero-order valence-electron chi connectivity index (χ0n) is 11.9. The quantitative estimate of drug-likeness (QED) is 0.796. The number of nitrogens with zero attached hydrogens (tertiary/aromatic N) is 2. The fourth-order valence-corrected chi connectivity index (χ4v) is 3.37. The lowest BCUT2D eigenvalue weighted by Crippen LogP contribution is -2.09. The topological polar surface area (TPSA) is 52.0 Å². The van der Waals surface area contributed by atoms with E-state index in [4.69, 9.17) is 11.6 Å². The van der Waals surface area contributed by atoms with E-state index in [-0.39, 0.29) is 10.9 Å². The summed E-state index contributed by atoms with van der Waals surface area (Å²) in [6.45, 7) is 4.20. The van der Waals surface area contributed by atoms with Crippen molar-refractivity contribution in [1.82, 2.24) is 9.55 Å². The van der Waals surface area contributed by atoms with Crippen molar-refractivity contribution in [3.05, 3.63) is 24.0 Å². The Labute approximate surface area is 124 Å². The van der Waals surface area contributed by atoms with Crippen molar-refractivity contribution >= 4 is 32.5 Å². The molecule has 1 aromatic heterocycles. The second-order valence-corrected chi connectivity index (χ2v) is 7.35. The van der Waals surface area contributed by atoms with Gasteiger partial charge in [0.1, 0.15) is 11.3 Å². The second-order valence-electron chi connectivity index (χ2n) is 4.99. The minimum atomic E-state index is -3.29. The van der Waals surface area contributed by atoms with E-state index in [9.17, 15) is 8.42 Å². The van der Waals surface area contributed by atoms with Crippen molar-refractivity contribution in [2.75, 3.05) is 12.1 Å². The Hall–Kier alpha value is -1.07. The van der Waals surface area contributed by atoms with Gasteiger partial charge in [-0.3, -0.25) is 0 Å². The van der Waals surface area contributed by atoms with Crippen LogP contribution in [0.15, 0.2) is 23.1 Å². The molecular weight excluding hydrogens is 296 g/mol. The summed E-state index contributed by atoms with van der Waals surface area (Å²) in [4.78, 5) is 4.82. The van der Waals surface area contributed by atoms with Crippen LogP contribution in [0.4, 0.5) is 0 Å². The van der Waals surface area contributed by atoms with E-state index < -0.39 is 9.84 Å². The Morgan fingerprint density at radius 3 is 2.65 bits per heavy atom. The molecule has 1 atom stereocenters. The first kappa shape index (κ1) is 15.3. The van der Waals surface area contributed by atoms with Crippen molar-refractivity contribution in [2.24, 2.45) is 0 Å². The monoisotopic (exact) mass is 314 g/mol. The van der Waals surface area contributed by atoms with Gasteiger partial charge in [-0.2, -0.15) is 0 Å². The molecule has 0 saturated carbocycles. The van der Waals surface area contributed by atoms with E-state index in [1.165, 1.54) is 6.26 Å². The lowest BCUT2D eigenvalue weighted by molar-refractivity contribution is 0.525. The van der Waals surface area contributed by atoms with Gasteiger partial charge in [0.25, 0.3) is 0 Å². The molecule has 110 valence electrons. The van der Waals surface area contributed by atoms with Crippen LogP contribution in [0.1, 0.15) is 32.1 Å². The van der Waals surface area contributed by atoms with E-state index in [0.717, 1.165) is 17.8 Å². The molecule has 2 aromatic rings. The molecule has 0 saturated heterocycles. The summed E-state index contributed by atoms with van der Waals surface area (Å²) in [6, 6.07) is 5.55. The Balaban J connectivity index is 2.80. The minimum absolute atomic E-state index is 0.257. The number of hydrogen-bond donors (Lipinski definition) is 0. The summed E-state index contributed by atoms with van der Waals surface area (Å²) >= 11 is 5.84. The average Bonchev–Trinajstić information content (AvgIpc) is 2.74. The molecule has 0 bridgehead atoms. The normalized spacial score (nSPS) is 13.8. The third kappa shape index (κ3) is 2.69. The molecule has 2 rings (SSSR count). The van der Waals surface area contributed by atoms with E-state index >= 15 is 0 Å². The smallest absolute Gasteiger partial charge is 0.177 e. The first-order valence-corrected chi connectivity index (χ1v) is 9.08. The largest absolute Gasteiger partial charge is 0.325 e. The summed E-state index contributed by atoms with van der Waals surface area (Å²) < 4.78 is 25.9. The Bertz CT molecular complexity index is 722. The fraction of sp³-hybridized carbons (Fsp3) is 0.500. The standard InChI is InChI=1S/C14H19ClN2O2S/c1-4-10(2)17-11-6-5-7-12(20(3,18)19)14(11)16-13(17)8-9-15/h5-7,10H,4,8-9H2,1-3H3. The van der Waals surface area contributed by atoms with Crippen LogP contribution in [-0.2, 0) is 16.3 Å². The van der Waals surface area contributed by atoms with Gasteiger partial charge in [-0.25, -0.2) is 13.4 Å². The van der Waals surface area contributed by atoms with Gasteiger partial charge in [0, 0.05) is 24.6 Å². The number of aromatic nitrogens is 2. The summed E-state index contributed by atoms with van der Waals surface area (Å²) in [5.74, 6) is 1.31. The van der Waals surface area contributed by atoms with Crippen LogP contribution in [0.5, 0.6) is 0 Å². The number of imidazole rings is 1. The molecule has 1 aromatic carbocycles. The van der Waals surface area contributed by atoms with E-state index in [0.29, 0.717) is 17.8 Å². The zero-order valence-corrected chi connectivity index (χ0v) is 13.5.